The lowest BCUT2D eigenvalue weighted by Gasteiger charge is -2.07. The number of aromatic nitrogens is 2. The van der Waals surface area contributed by atoms with Crippen LogP contribution in [0.5, 0.6) is 0 Å². The van der Waals surface area contributed by atoms with E-state index in [1.54, 1.807) is 18.3 Å². The molecule has 0 bridgehead atoms. The summed E-state index contributed by atoms with van der Waals surface area (Å²) in [7, 11) is 1.93. The first-order valence-electron chi connectivity index (χ1n) is 6.34. The van der Waals surface area contributed by atoms with Crippen molar-refractivity contribution in [3.05, 3.63) is 42.0 Å². The van der Waals surface area contributed by atoms with Crippen molar-refractivity contribution < 1.29 is 4.39 Å². The van der Waals surface area contributed by atoms with Gasteiger partial charge in [0.2, 0.25) is 0 Å². The first-order chi connectivity index (χ1) is 9.19. The molecule has 0 fully saturated rings. The molecule has 1 aromatic heterocycles. The Morgan fingerprint density at radius 2 is 2.21 bits per heavy atom. The molecule has 0 unspecified atom stereocenters. The predicted molar refractivity (Wildman–Crippen MR) is 75.7 cm³/mol. The molecule has 3 nitrogen and oxygen atoms in total. The molecule has 102 valence electrons. The normalized spacial score (nSPS) is 10.9. The number of aryl methyl sites for hydroxylation is 1. The summed E-state index contributed by atoms with van der Waals surface area (Å²) in [4.78, 5) is 5.11. The van der Waals surface area contributed by atoms with Gasteiger partial charge in [0.25, 0.3) is 0 Å². The van der Waals surface area contributed by atoms with E-state index >= 15 is 0 Å². The molecule has 0 radical (unpaired) electrons. The van der Waals surface area contributed by atoms with Crippen molar-refractivity contribution >= 4 is 11.8 Å². The lowest BCUT2D eigenvalue weighted by Crippen LogP contribution is -2.13. The quantitative estimate of drug-likeness (QED) is 0.823. The van der Waals surface area contributed by atoms with Crippen LogP contribution in [0.25, 0.3) is 0 Å². The summed E-state index contributed by atoms with van der Waals surface area (Å²) in [5.74, 6) is -0.201. The third kappa shape index (κ3) is 4.08. The van der Waals surface area contributed by atoms with Crippen LogP contribution in [-0.2, 0) is 13.6 Å². The zero-order chi connectivity index (χ0) is 13.7. The summed E-state index contributed by atoms with van der Waals surface area (Å²) in [6.07, 6.45) is 4.70. The average Bonchev–Trinajstić information content (AvgIpc) is 2.75. The first-order valence-corrected chi connectivity index (χ1v) is 7.16. The van der Waals surface area contributed by atoms with Gasteiger partial charge in [0, 0.05) is 30.9 Å². The van der Waals surface area contributed by atoms with Gasteiger partial charge in [-0.15, -0.1) is 0 Å². The molecule has 0 spiro atoms. The Morgan fingerprint density at radius 3 is 2.89 bits per heavy atom. The minimum absolute atomic E-state index is 0.201. The standard InChI is InChI=1S/C14H18FN3S/c1-3-4-16-10-11-7-12(15)9-13(8-11)19-14-17-5-6-18(14)2/h5-9,16H,3-4,10H2,1-2H3. The van der Waals surface area contributed by atoms with Crippen molar-refractivity contribution in [2.24, 2.45) is 7.05 Å². The minimum Gasteiger partial charge on any atom is -0.329 e. The van der Waals surface area contributed by atoms with Crippen LogP contribution in [-0.4, -0.2) is 16.1 Å². The first kappa shape index (κ1) is 14.1. The highest BCUT2D eigenvalue weighted by molar-refractivity contribution is 7.99. The van der Waals surface area contributed by atoms with E-state index in [1.165, 1.54) is 11.8 Å². The predicted octanol–water partition coefficient (Wildman–Crippen LogP) is 3.21. The van der Waals surface area contributed by atoms with E-state index < -0.39 is 0 Å². The molecule has 5 heteroatoms. The SMILES string of the molecule is CCCNCc1cc(F)cc(Sc2nccn2C)c1. The van der Waals surface area contributed by atoms with E-state index in [2.05, 4.69) is 17.2 Å². The zero-order valence-corrected chi connectivity index (χ0v) is 12.0. The van der Waals surface area contributed by atoms with Gasteiger partial charge in [-0.3, -0.25) is 0 Å². The molecule has 0 saturated carbocycles. The maximum atomic E-state index is 13.6. The van der Waals surface area contributed by atoms with Crippen LogP contribution >= 0.6 is 11.8 Å². The molecule has 0 aliphatic rings. The fourth-order valence-electron chi connectivity index (χ4n) is 1.75. The Labute approximate surface area is 117 Å². The van der Waals surface area contributed by atoms with E-state index in [-0.39, 0.29) is 5.82 Å². The molecule has 19 heavy (non-hydrogen) atoms. The van der Waals surface area contributed by atoms with E-state index in [0.717, 1.165) is 28.6 Å². The number of imidazole rings is 1. The molecule has 0 saturated heterocycles. The fourth-order valence-corrected chi connectivity index (χ4v) is 2.66. The number of nitrogens with one attached hydrogen (secondary N) is 1. The van der Waals surface area contributed by atoms with Crippen LogP contribution in [0.1, 0.15) is 18.9 Å². The molecular formula is C14H18FN3S. The molecule has 2 aromatic rings. The van der Waals surface area contributed by atoms with Crippen LogP contribution in [0.4, 0.5) is 4.39 Å². The van der Waals surface area contributed by atoms with Gasteiger partial charge in [-0.1, -0.05) is 18.7 Å². The monoisotopic (exact) mass is 279 g/mol. The second-order valence-electron chi connectivity index (χ2n) is 4.39. The Balaban J connectivity index is 2.10. The second-order valence-corrected chi connectivity index (χ2v) is 5.44. The van der Waals surface area contributed by atoms with Gasteiger partial charge in [-0.2, -0.15) is 0 Å². The summed E-state index contributed by atoms with van der Waals surface area (Å²) >= 11 is 1.47. The maximum Gasteiger partial charge on any atom is 0.172 e. The van der Waals surface area contributed by atoms with Gasteiger partial charge in [-0.05, 0) is 36.7 Å². The number of benzene rings is 1. The Hall–Kier alpha value is -1.33. The lowest BCUT2D eigenvalue weighted by atomic mass is 10.2. The molecule has 0 amide bonds. The zero-order valence-electron chi connectivity index (χ0n) is 11.2. The summed E-state index contributed by atoms with van der Waals surface area (Å²) in [5.41, 5.74) is 0.963. The van der Waals surface area contributed by atoms with E-state index in [4.69, 9.17) is 0 Å². The number of nitrogens with zero attached hydrogens (tertiary/aromatic N) is 2. The third-order valence-electron chi connectivity index (χ3n) is 2.67. The molecule has 0 aliphatic heterocycles. The van der Waals surface area contributed by atoms with Gasteiger partial charge in [0.15, 0.2) is 5.16 Å². The van der Waals surface area contributed by atoms with Crippen LogP contribution in [0.2, 0.25) is 0 Å². The summed E-state index contributed by atoms with van der Waals surface area (Å²) < 4.78 is 15.5. The van der Waals surface area contributed by atoms with Crippen LogP contribution in [0.15, 0.2) is 40.6 Å². The van der Waals surface area contributed by atoms with Crippen LogP contribution in [0.3, 0.4) is 0 Å². The topological polar surface area (TPSA) is 29.9 Å². The molecule has 1 aromatic carbocycles. The average molecular weight is 279 g/mol. The van der Waals surface area contributed by atoms with Crippen molar-refractivity contribution in [3.63, 3.8) is 0 Å². The van der Waals surface area contributed by atoms with Gasteiger partial charge >= 0.3 is 0 Å². The van der Waals surface area contributed by atoms with Gasteiger partial charge in [-0.25, -0.2) is 9.37 Å². The lowest BCUT2D eigenvalue weighted by molar-refractivity contribution is 0.615. The maximum absolute atomic E-state index is 13.6. The summed E-state index contributed by atoms with van der Waals surface area (Å²) in [6, 6.07) is 5.12. The largest absolute Gasteiger partial charge is 0.329 e. The van der Waals surface area contributed by atoms with E-state index in [9.17, 15) is 4.39 Å². The molecule has 1 heterocycles. The molecular weight excluding hydrogens is 261 g/mol. The summed E-state index contributed by atoms with van der Waals surface area (Å²) in [6.45, 7) is 3.75. The Morgan fingerprint density at radius 1 is 1.37 bits per heavy atom. The number of hydrogen-bond acceptors (Lipinski definition) is 3. The molecule has 0 atom stereocenters. The molecule has 2 rings (SSSR count). The van der Waals surface area contributed by atoms with Crippen molar-refractivity contribution in [2.45, 2.75) is 29.9 Å². The minimum atomic E-state index is -0.201. The highest BCUT2D eigenvalue weighted by Crippen LogP contribution is 2.27. The highest BCUT2D eigenvalue weighted by atomic mass is 32.2. The second kappa shape index (κ2) is 6.73. The highest BCUT2D eigenvalue weighted by Gasteiger charge is 2.06. The van der Waals surface area contributed by atoms with Crippen LogP contribution in [0, 0.1) is 5.82 Å². The number of rotatable bonds is 6. The Kier molecular flexibility index (Phi) is 4.99. The van der Waals surface area contributed by atoms with Gasteiger partial charge in [0.05, 0.1) is 0 Å². The molecule has 1 N–H and O–H groups in total. The van der Waals surface area contributed by atoms with E-state index in [0.29, 0.717) is 6.54 Å². The fraction of sp³-hybridized carbons (Fsp3) is 0.357. The van der Waals surface area contributed by atoms with Crippen molar-refractivity contribution in [1.29, 1.82) is 0 Å². The molecule has 0 aliphatic carbocycles. The third-order valence-corrected chi connectivity index (χ3v) is 3.72. The Bertz CT molecular complexity index is 539. The number of hydrogen-bond donors (Lipinski definition) is 1. The van der Waals surface area contributed by atoms with Crippen molar-refractivity contribution in [3.8, 4) is 0 Å². The summed E-state index contributed by atoms with van der Waals surface area (Å²) in [5, 5.41) is 4.14. The van der Waals surface area contributed by atoms with Crippen molar-refractivity contribution in [1.82, 2.24) is 14.9 Å². The number of halogens is 1. The smallest absolute Gasteiger partial charge is 0.172 e. The van der Waals surface area contributed by atoms with Gasteiger partial charge < -0.3 is 9.88 Å². The van der Waals surface area contributed by atoms with Crippen LogP contribution < -0.4 is 5.32 Å². The van der Waals surface area contributed by atoms with E-state index in [1.807, 2.05) is 23.9 Å². The van der Waals surface area contributed by atoms with Gasteiger partial charge in [0.1, 0.15) is 5.82 Å². The van der Waals surface area contributed by atoms with Crippen molar-refractivity contribution in [2.75, 3.05) is 6.54 Å².